The van der Waals surface area contributed by atoms with Crippen molar-refractivity contribution < 1.29 is 18.0 Å². The van der Waals surface area contributed by atoms with Crippen molar-refractivity contribution in [3.63, 3.8) is 0 Å². The van der Waals surface area contributed by atoms with E-state index in [0.717, 1.165) is 45.0 Å². The van der Waals surface area contributed by atoms with Crippen LogP contribution < -0.4 is 15.6 Å². The fourth-order valence-electron chi connectivity index (χ4n) is 4.98. The smallest absolute Gasteiger partial charge is 0.221 e. The molecule has 1 aliphatic carbocycles. The van der Waals surface area contributed by atoms with Crippen molar-refractivity contribution in [3.8, 4) is 0 Å². The summed E-state index contributed by atoms with van der Waals surface area (Å²) in [5, 5.41) is 6.87. The molecular formula is C37H29N3O3S. The third-order valence-corrected chi connectivity index (χ3v) is 7.98. The molecule has 0 saturated heterocycles. The second-order valence-electron chi connectivity index (χ2n) is 10.2. The normalized spacial score (nSPS) is 12.6. The Hall–Kier alpha value is -5.50. The van der Waals surface area contributed by atoms with Crippen LogP contribution in [0, 0.1) is 0 Å². The summed E-state index contributed by atoms with van der Waals surface area (Å²) >= 11 is 0. The molecule has 0 radical (unpaired) electrons. The maximum Gasteiger partial charge on any atom is 0.221 e. The molecule has 0 spiro atoms. The Labute approximate surface area is 257 Å². The number of anilines is 4. The van der Waals surface area contributed by atoms with Gasteiger partial charge in [0, 0.05) is 41.0 Å². The minimum atomic E-state index is -4.62. The quantitative estimate of drug-likeness (QED) is 0.170. The van der Waals surface area contributed by atoms with Crippen LogP contribution in [0.4, 0.5) is 28.4 Å². The summed E-state index contributed by atoms with van der Waals surface area (Å²) in [5.74, 6) is 0. The Morgan fingerprint density at radius 1 is 0.523 bits per heavy atom. The van der Waals surface area contributed by atoms with E-state index in [-0.39, 0.29) is 10.6 Å². The summed E-state index contributed by atoms with van der Waals surface area (Å²) in [6.07, 6.45) is 7.72. The molecule has 0 amide bonds. The van der Waals surface area contributed by atoms with Gasteiger partial charge in [0.05, 0.1) is 0 Å². The van der Waals surface area contributed by atoms with Gasteiger partial charge in [-0.1, -0.05) is 72.8 Å². The van der Waals surface area contributed by atoms with Crippen molar-refractivity contribution in [2.75, 3.05) is 10.6 Å². The average Bonchev–Trinajstić information content (AvgIpc) is 3.04. The van der Waals surface area contributed by atoms with Crippen molar-refractivity contribution >= 4 is 49.8 Å². The molecule has 5 aromatic carbocycles. The van der Waals surface area contributed by atoms with Gasteiger partial charge in [0.1, 0.15) is 15.0 Å². The van der Waals surface area contributed by atoms with E-state index in [2.05, 4.69) is 64.2 Å². The number of nitrogens with one attached hydrogen (secondary N) is 3. The highest BCUT2D eigenvalue weighted by atomic mass is 32.2. The summed E-state index contributed by atoms with van der Waals surface area (Å²) in [5.41, 5.74) is 8.98. The van der Waals surface area contributed by atoms with E-state index in [4.69, 9.17) is 0 Å². The van der Waals surface area contributed by atoms with Crippen LogP contribution in [0.15, 0.2) is 168 Å². The van der Waals surface area contributed by atoms with Gasteiger partial charge in [-0.15, -0.1) is 0 Å². The van der Waals surface area contributed by atoms with Crippen LogP contribution in [0.5, 0.6) is 0 Å². The SMILES string of the molecule is O=S(=O)([O-])c1ccccc1[NH+]=C1C=CC(=C(c2ccc(Nc3ccccc3)cc2)c2ccc(Nc3ccccc3)cc2)C=C1. The molecule has 0 aliphatic heterocycles. The Kier molecular flexibility index (Phi) is 8.32. The fraction of sp³-hybridized carbons (Fsp3) is 0. The van der Waals surface area contributed by atoms with Crippen LogP contribution in [0.1, 0.15) is 11.1 Å². The van der Waals surface area contributed by atoms with Gasteiger partial charge in [-0.25, -0.2) is 13.4 Å². The Balaban J connectivity index is 1.35. The maximum atomic E-state index is 11.7. The number of para-hydroxylation sites is 3. The van der Waals surface area contributed by atoms with Gasteiger partial charge >= 0.3 is 0 Å². The van der Waals surface area contributed by atoms with Gasteiger partial charge in [0.15, 0.2) is 0 Å². The topological polar surface area (TPSA) is 95.2 Å². The third-order valence-electron chi connectivity index (χ3n) is 7.08. The Bertz CT molecular complexity index is 1890. The highest BCUT2D eigenvalue weighted by molar-refractivity contribution is 7.85. The lowest BCUT2D eigenvalue weighted by atomic mass is 9.90. The minimum Gasteiger partial charge on any atom is -0.744 e. The molecule has 0 atom stereocenters. The molecule has 44 heavy (non-hydrogen) atoms. The minimum absolute atomic E-state index is 0.238. The van der Waals surface area contributed by atoms with Crippen molar-refractivity contribution in [3.05, 3.63) is 174 Å². The summed E-state index contributed by atoms with van der Waals surface area (Å²) in [4.78, 5) is 2.79. The van der Waals surface area contributed by atoms with Gasteiger partial charge in [0.25, 0.3) is 0 Å². The highest BCUT2D eigenvalue weighted by Crippen LogP contribution is 2.32. The van der Waals surface area contributed by atoms with Gasteiger partial charge in [-0.3, -0.25) is 0 Å². The number of rotatable bonds is 8. The van der Waals surface area contributed by atoms with E-state index in [0.29, 0.717) is 5.71 Å². The molecule has 1 aliphatic rings. The fourth-order valence-corrected chi connectivity index (χ4v) is 5.61. The second-order valence-corrected chi connectivity index (χ2v) is 11.5. The Morgan fingerprint density at radius 2 is 0.955 bits per heavy atom. The molecule has 0 unspecified atom stereocenters. The molecule has 6 nitrogen and oxygen atoms in total. The van der Waals surface area contributed by atoms with E-state index in [1.807, 2.05) is 85.0 Å². The molecule has 0 aromatic heterocycles. The highest BCUT2D eigenvalue weighted by Gasteiger charge is 2.16. The predicted octanol–water partition coefficient (Wildman–Crippen LogP) is 6.86. The van der Waals surface area contributed by atoms with Gasteiger partial charge in [0.2, 0.25) is 11.4 Å². The standard InChI is InChI=1S/C37H29N3O3S/c41-44(42,43)36-14-8-7-13-35(36)40-34-25-19-29(20-26-34)37(27-15-21-32(22-16-27)38-30-9-3-1-4-10-30)28-17-23-33(24-18-28)39-31-11-5-2-6-12-31/h1-26,38-39H,(H,41,42,43). The molecule has 6 rings (SSSR count). The first-order valence-electron chi connectivity index (χ1n) is 14.1. The van der Waals surface area contributed by atoms with E-state index in [1.165, 1.54) is 12.1 Å². The summed E-state index contributed by atoms with van der Waals surface area (Å²) < 4.78 is 35.2. The number of hydrogen-bond acceptors (Lipinski definition) is 5. The zero-order valence-corrected chi connectivity index (χ0v) is 24.5. The van der Waals surface area contributed by atoms with Crippen molar-refractivity contribution in [2.24, 2.45) is 0 Å². The molecule has 5 aromatic rings. The van der Waals surface area contributed by atoms with Crippen molar-refractivity contribution in [1.82, 2.24) is 0 Å². The molecule has 216 valence electrons. The first kappa shape index (κ1) is 28.6. The van der Waals surface area contributed by atoms with Crippen LogP contribution in [0.25, 0.3) is 5.57 Å². The zero-order valence-electron chi connectivity index (χ0n) is 23.6. The predicted molar refractivity (Wildman–Crippen MR) is 177 cm³/mol. The summed E-state index contributed by atoms with van der Waals surface area (Å²) in [6.45, 7) is 0. The van der Waals surface area contributed by atoms with Gasteiger partial charge < -0.3 is 15.2 Å². The van der Waals surface area contributed by atoms with Crippen LogP contribution >= 0.6 is 0 Å². The van der Waals surface area contributed by atoms with Gasteiger partial charge in [-0.05, 0) is 89.0 Å². The molecule has 7 heteroatoms. The van der Waals surface area contributed by atoms with Crippen molar-refractivity contribution in [1.29, 1.82) is 0 Å². The Morgan fingerprint density at radius 3 is 1.43 bits per heavy atom. The van der Waals surface area contributed by atoms with E-state index >= 15 is 0 Å². The first-order chi connectivity index (χ1) is 21.4. The molecule has 0 bridgehead atoms. The lowest BCUT2D eigenvalue weighted by Crippen LogP contribution is -2.66. The third kappa shape index (κ3) is 6.93. The molecular weight excluding hydrogens is 566 g/mol. The van der Waals surface area contributed by atoms with E-state index in [9.17, 15) is 13.0 Å². The second kappa shape index (κ2) is 12.8. The van der Waals surface area contributed by atoms with Crippen LogP contribution in [0.2, 0.25) is 0 Å². The van der Waals surface area contributed by atoms with E-state index < -0.39 is 10.1 Å². The first-order valence-corrected chi connectivity index (χ1v) is 15.5. The summed E-state index contributed by atoms with van der Waals surface area (Å²) in [7, 11) is -4.62. The molecule has 0 saturated carbocycles. The van der Waals surface area contributed by atoms with Crippen molar-refractivity contribution in [2.45, 2.75) is 4.90 Å². The molecule has 0 heterocycles. The monoisotopic (exact) mass is 595 g/mol. The largest absolute Gasteiger partial charge is 0.744 e. The molecule has 0 fully saturated rings. The number of allylic oxidation sites excluding steroid dienone is 5. The van der Waals surface area contributed by atoms with Crippen LogP contribution in [-0.2, 0) is 10.1 Å². The molecule has 3 N–H and O–H groups in total. The van der Waals surface area contributed by atoms with Crippen LogP contribution in [0.3, 0.4) is 0 Å². The lowest BCUT2D eigenvalue weighted by Gasteiger charge is -2.15. The average molecular weight is 596 g/mol. The van der Waals surface area contributed by atoms with E-state index in [1.54, 1.807) is 12.1 Å². The van der Waals surface area contributed by atoms with Crippen LogP contribution in [-0.4, -0.2) is 18.7 Å². The number of benzene rings is 5. The number of hydrogen-bond donors (Lipinski definition) is 3. The van der Waals surface area contributed by atoms with Gasteiger partial charge in [-0.2, -0.15) is 0 Å². The zero-order chi connectivity index (χ0) is 30.4. The maximum absolute atomic E-state index is 11.7. The lowest BCUT2D eigenvalue weighted by molar-refractivity contribution is -0.354. The summed E-state index contributed by atoms with van der Waals surface area (Å²) in [6, 6.07) is 42.8.